The second kappa shape index (κ2) is 9.25. The van der Waals surface area contributed by atoms with E-state index < -0.39 is 5.82 Å². The molecular weight excluding hydrogens is 449 g/mol. The van der Waals surface area contributed by atoms with Crippen molar-refractivity contribution in [3.8, 4) is 5.75 Å². The van der Waals surface area contributed by atoms with Crippen molar-refractivity contribution in [2.75, 3.05) is 0 Å². The molecule has 0 amide bonds. The molecule has 4 aromatic rings. The van der Waals surface area contributed by atoms with Crippen LogP contribution < -0.4 is 10.3 Å². The molecule has 10 heteroatoms. The number of hydrogen-bond donors (Lipinski definition) is 1. The van der Waals surface area contributed by atoms with Crippen molar-refractivity contribution in [2.45, 2.75) is 44.3 Å². The maximum Gasteiger partial charge on any atom is 0.259 e. The molecule has 3 aromatic heterocycles. The predicted octanol–water partition coefficient (Wildman–Crippen LogP) is 4.95. The number of fused-ring (bicyclic) bond motifs is 1. The van der Waals surface area contributed by atoms with Crippen LogP contribution in [-0.2, 0) is 13.2 Å². The average Bonchev–Trinajstić information content (AvgIpc) is 3.27. The van der Waals surface area contributed by atoms with Crippen LogP contribution in [0.3, 0.4) is 0 Å². The zero-order chi connectivity index (χ0) is 22.8. The Labute approximate surface area is 192 Å². The van der Waals surface area contributed by atoms with Crippen LogP contribution in [-0.4, -0.2) is 24.7 Å². The zero-order valence-electron chi connectivity index (χ0n) is 17.9. The quantitative estimate of drug-likeness (QED) is 0.289. The van der Waals surface area contributed by atoms with Gasteiger partial charge in [-0.15, -0.1) is 28.1 Å². The van der Waals surface area contributed by atoms with E-state index in [1.165, 1.54) is 29.2 Å². The fourth-order valence-corrected chi connectivity index (χ4v) is 5.18. The van der Waals surface area contributed by atoms with Gasteiger partial charge in [-0.3, -0.25) is 9.36 Å². The van der Waals surface area contributed by atoms with Crippen molar-refractivity contribution in [1.29, 1.82) is 0 Å². The number of halogens is 1. The lowest BCUT2D eigenvalue weighted by atomic mass is 10.2. The normalized spacial score (nSPS) is 12.2. The summed E-state index contributed by atoms with van der Waals surface area (Å²) in [7, 11) is 0. The second-order valence-electron chi connectivity index (χ2n) is 7.19. The smallest absolute Gasteiger partial charge is 0.259 e. The van der Waals surface area contributed by atoms with E-state index in [4.69, 9.17) is 4.74 Å². The fraction of sp³-hybridized carbons (Fsp3) is 0.273. The molecule has 0 bridgehead atoms. The first kappa shape index (κ1) is 22.2. The van der Waals surface area contributed by atoms with Gasteiger partial charge < -0.3 is 9.72 Å². The van der Waals surface area contributed by atoms with Crippen molar-refractivity contribution in [3.05, 3.63) is 75.2 Å². The van der Waals surface area contributed by atoms with Crippen molar-refractivity contribution < 1.29 is 9.13 Å². The van der Waals surface area contributed by atoms with E-state index in [-0.39, 0.29) is 23.2 Å². The first-order valence-electron chi connectivity index (χ1n) is 9.96. The minimum atomic E-state index is -0.435. The molecule has 0 fully saturated rings. The average molecular weight is 472 g/mol. The molecule has 0 aliphatic heterocycles. The number of nitrogens with one attached hydrogen (secondary N) is 1. The van der Waals surface area contributed by atoms with Crippen LogP contribution >= 0.6 is 23.1 Å². The molecule has 0 radical (unpaired) electrons. The lowest BCUT2D eigenvalue weighted by molar-refractivity contribution is 0.275. The lowest BCUT2D eigenvalue weighted by Gasteiger charge is -2.12. The number of allylic oxidation sites excluding steroid dienone is 1. The van der Waals surface area contributed by atoms with Crippen molar-refractivity contribution in [3.63, 3.8) is 0 Å². The van der Waals surface area contributed by atoms with Crippen molar-refractivity contribution in [1.82, 2.24) is 24.7 Å². The summed E-state index contributed by atoms with van der Waals surface area (Å²) in [4.78, 5) is 22.0. The van der Waals surface area contributed by atoms with E-state index in [0.717, 1.165) is 15.3 Å². The zero-order valence-corrected chi connectivity index (χ0v) is 19.5. The Hall–Kier alpha value is -2.98. The van der Waals surface area contributed by atoms with Crippen LogP contribution in [0.15, 0.2) is 46.9 Å². The number of thioether (sulfide) groups is 1. The molecule has 0 saturated heterocycles. The Morgan fingerprint density at radius 3 is 2.88 bits per heavy atom. The van der Waals surface area contributed by atoms with Gasteiger partial charge in [0.15, 0.2) is 22.5 Å². The summed E-state index contributed by atoms with van der Waals surface area (Å²) in [6.45, 7) is 10.2. The third kappa shape index (κ3) is 4.33. The molecule has 1 aromatic carbocycles. The molecule has 7 nitrogen and oxygen atoms in total. The van der Waals surface area contributed by atoms with E-state index in [2.05, 4.69) is 26.7 Å². The Bertz CT molecular complexity index is 1340. The minimum Gasteiger partial charge on any atom is -0.483 e. The molecule has 0 saturated carbocycles. The highest BCUT2D eigenvalue weighted by Crippen LogP contribution is 2.34. The van der Waals surface area contributed by atoms with E-state index in [1.807, 2.05) is 25.3 Å². The molecule has 1 atom stereocenters. The third-order valence-electron chi connectivity index (χ3n) is 5.02. The molecule has 0 aliphatic carbocycles. The van der Waals surface area contributed by atoms with Gasteiger partial charge in [0, 0.05) is 11.4 Å². The molecule has 3 heterocycles. The number of benzene rings is 1. The highest BCUT2D eigenvalue weighted by molar-refractivity contribution is 7.99. The molecule has 166 valence electrons. The van der Waals surface area contributed by atoms with Crippen LogP contribution in [0.5, 0.6) is 5.75 Å². The van der Waals surface area contributed by atoms with Crippen LogP contribution in [0.2, 0.25) is 0 Å². The summed E-state index contributed by atoms with van der Waals surface area (Å²) < 4.78 is 21.3. The number of aromatic amines is 1. The van der Waals surface area contributed by atoms with E-state index >= 15 is 0 Å². The van der Waals surface area contributed by atoms with Crippen molar-refractivity contribution >= 4 is 33.3 Å². The number of H-pyrrole nitrogens is 1. The Morgan fingerprint density at radius 2 is 2.12 bits per heavy atom. The van der Waals surface area contributed by atoms with Gasteiger partial charge in [-0.25, -0.2) is 9.37 Å². The number of para-hydroxylation sites is 1. The minimum absolute atomic E-state index is 0.0610. The summed E-state index contributed by atoms with van der Waals surface area (Å²) in [5.41, 5.74) is 0.835. The maximum atomic E-state index is 13.9. The monoisotopic (exact) mass is 471 g/mol. The maximum absolute atomic E-state index is 13.9. The Balaban J connectivity index is 1.57. The van der Waals surface area contributed by atoms with E-state index in [0.29, 0.717) is 28.7 Å². The van der Waals surface area contributed by atoms with Crippen LogP contribution in [0, 0.1) is 19.7 Å². The van der Waals surface area contributed by atoms with Gasteiger partial charge in [0.05, 0.1) is 10.6 Å². The number of nitrogens with zero attached hydrogens (tertiary/aromatic N) is 4. The number of hydrogen-bond acceptors (Lipinski definition) is 7. The van der Waals surface area contributed by atoms with Gasteiger partial charge in [-0.05, 0) is 38.5 Å². The van der Waals surface area contributed by atoms with Gasteiger partial charge >= 0.3 is 0 Å². The number of rotatable bonds is 8. The first-order valence-corrected chi connectivity index (χ1v) is 11.7. The number of ether oxygens (including phenoxy) is 1. The summed E-state index contributed by atoms with van der Waals surface area (Å²) in [5.74, 6) is 0.838. The van der Waals surface area contributed by atoms with Crippen LogP contribution in [0.1, 0.15) is 34.3 Å². The van der Waals surface area contributed by atoms with Gasteiger partial charge in [0.2, 0.25) is 0 Å². The number of aromatic nitrogens is 5. The molecule has 0 aliphatic rings. The van der Waals surface area contributed by atoms with E-state index in [9.17, 15) is 9.18 Å². The summed E-state index contributed by atoms with van der Waals surface area (Å²) in [6.07, 6.45) is 1.73. The summed E-state index contributed by atoms with van der Waals surface area (Å²) in [6, 6.07) is 6.21. The largest absolute Gasteiger partial charge is 0.483 e. The van der Waals surface area contributed by atoms with Crippen LogP contribution in [0.25, 0.3) is 10.2 Å². The Kier molecular flexibility index (Phi) is 6.43. The van der Waals surface area contributed by atoms with Gasteiger partial charge in [-0.2, -0.15) is 0 Å². The number of aryl methyl sites for hydroxylation is 2. The predicted molar refractivity (Wildman–Crippen MR) is 125 cm³/mol. The highest BCUT2D eigenvalue weighted by Gasteiger charge is 2.20. The van der Waals surface area contributed by atoms with E-state index in [1.54, 1.807) is 24.3 Å². The molecule has 1 unspecified atom stereocenters. The van der Waals surface area contributed by atoms with Gasteiger partial charge in [0.25, 0.3) is 5.56 Å². The molecule has 4 rings (SSSR count). The fourth-order valence-electron chi connectivity index (χ4n) is 3.21. The SMILES string of the molecule is C=CCn1c(COc2ccccc2F)nnc1SC(C)c1nc2sc(C)c(C)c2c(=O)[nH]1. The molecular formula is C22H22FN5O2S2. The third-order valence-corrected chi connectivity index (χ3v) is 7.21. The number of thiophene rings is 1. The topological polar surface area (TPSA) is 85.7 Å². The van der Waals surface area contributed by atoms with Gasteiger partial charge in [-0.1, -0.05) is 30.0 Å². The highest BCUT2D eigenvalue weighted by atomic mass is 32.2. The second-order valence-corrected chi connectivity index (χ2v) is 9.70. The molecule has 32 heavy (non-hydrogen) atoms. The molecule has 0 spiro atoms. The summed E-state index contributed by atoms with van der Waals surface area (Å²) >= 11 is 2.94. The Morgan fingerprint density at radius 1 is 1.34 bits per heavy atom. The first-order chi connectivity index (χ1) is 15.4. The van der Waals surface area contributed by atoms with Crippen LogP contribution in [0.4, 0.5) is 4.39 Å². The summed E-state index contributed by atoms with van der Waals surface area (Å²) in [5, 5.41) is 9.59. The van der Waals surface area contributed by atoms with Gasteiger partial charge in [0.1, 0.15) is 17.3 Å². The molecule has 1 N–H and O–H groups in total. The standard InChI is InChI=1S/C22H22FN5O2S2/c1-5-10-28-17(11-30-16-9-7-6-8-15(16)23)26-27-22(28)32-14(4)19-24-20(29)18-12(2)13(3)31-21(18)25-19/h5-9,14H,1,10-11H2,2-4H3,(H,24,25,29). The lowest BCUT2D eigenvalue weighted by Crippen LogP contribution is -2.13. The van der Waals surface area contributed by atoms with Crippen molar-refractivity contribution in [2.24, 2.45) is 0 Å².